The molecule has 1 aromatic heterocycles. The molecule has 0 atom stereocenters. The Balaban J connectivity index is 1.82. The molecule has 1 amide bonds. The van der Waals surface area contributed by atoms with E-state index in [4.69, 9.17) is 14.2 Å². The monoisotopic (exact) mass is 496 g/mol. The van der Waals surface area contributed by atoms with E-state index in [2.05, 4.69) is 32.9 Å². The molecule has 0 aliphatic carbocycles. The Morgan fingerprint density at radius 3 is 2.22 bits per heavy atom. The van der Waals surface area contributed by atoms with Gasteiger partial charge in [-0.1, -0.05) is 12.1 Å². The van der Waals surface area contributed by atoms with Crippen LogP contribution in [0.4, 0.5) is 5.13 Å². The molecule has 0 aliphatic rings. The molecule has 0 saturated heterocycles. The summed E-state index contributed by atoms with van der Waals surface area (Å²) in [6.45, 7) is 0. The molecule has 0 unspecified atom stereocenters. The second-order valence-electron chi connectivity index (χ2n) is 5.41. The predicted octanol–water partition coefficient (Wildman–Crippen LogP) is 4.69. The average Bonchev–Trinajstić information content (AvgIpc) is 3.15. The van der Waals surface area contributed by atoms with Gasteiger partial charge in [0, 0.05) is 20.1 Å². The molecule has 3 aromatic rings. The van der Waals surface area contributed by atoms with Crippen molar-refractivity contribution in [1.29, 1.82) is 0 Å². The van der Waals surface area contributed by atoms with Crippen molar-refractivity contribution in [3.05, 3.63) is 50.9 Å². The highest BCUT2D eigenvalue weighted by atomic mass is 127. The summed E-state index contributed by atoms with van der Waals surface area (Å²) < 4.78 is 17.0. The summed E-state index contributed by atoms with van der Waals surface area (Å²) in [5.74, 6) is 0.964. The molecule has 2 aromatic carbocycles. The largest absolute Gasteiger partial charge is 0.493 e. The third-order valence-corrected chi connectivity index (χ3v) is 5.27. The number of carbonyl (C=O) groups is 1. The van der Waals surface area contributed by atoms with Gasteiger partial charge in [0.05, 0.1) is 27.0 Å². The number of aromatic nitrogens is 1. The predicted molar refractivity (Wildman–Crippen MR) is 114 cm³/mol. The number of ether oxygens (including phenoxy) is 3. The van der Waals surface area contributed by atoms with Gasteiger partial charge >= 0.3 is 0 Å². The zero-order valence-corrected chi connectivity index (χ0v) is 17.9. The van der Waals surface area contributed by atoms with Crippen molar-refractivity contribution in [3.63, 3.8) is 0 Å². The number of halogens is 1. The van der Waals surface area contributed by atoms with E-state index in [9.17, 15) is 4.79 Å². The highest BCUT2D eigenvalue weighted by Gasteiger charge is 2.18. The van der Waals surface area contributed by atoms with Crippen molar-refractivity contribution < 1.29 is 19.0 Å². The van der Waals surface area contributed by atoms with E-state index in [-0.39, 0.29) is 5.91 Å². The molecule has 27 heavy (non-hydrogen) atoms. The van der Waals surface area contributed by atoms with Crippen LogP contribution in [0.5, 0.6) is 17.2 Å². The van der Waals surface area contributed by atoms with Crippen LogP contribution in [0.1, 0.15) is 10.4 Å². The zero-order valence-electron chi connectivity index (χ0n) is 14.9. The van der Waals surface area contributed by atoms with Gasteiger partial charge in [-0.15, -0.1) is 11.3 Å². The summed E-state index contributed by atoms with van der Waals surface area (Å²) in [6, 6.07) is 11.2. The maximum absolute atomic E-state index is 12.6. The number of hydrogen-bond acceptors (Lipinski definition) is 6. The van der Waals surface area contributed by atoms with Gasteiger partial charge in [-0.3, -0.25) is 10.1 Å². The minimum Gasteiger partial charge on any atom is -0.493 e. The maximum Gasteiger partial charge on any atom is 0.257 e. The van der Waals surface area contributed by atoms with Crippen LogP contribution in [-0.4, -0.2) is 32.2 Å². The van der Waals surface area contributed by atoms with E-state index < -0.39 is 0 Å². The Bertz CT molecular complexity index is 932. The van der Waals surface area contributed by atoms with Crippen LogP contribution in [0.3, 0.4) is 0 Å². The number of benzene rings is 2. The lowest BCUT2D eigenvalue weighted by Gasteiger charge is -2.13. The normalized spacial score (nSPS) is 10.4. The molecule has 0 spiro atoms. The highest BCUT2D eigenvalue weighted by molar-refractivity contribution is 14.1. The van der Waals surface area contributed by atoms with E-state index in [1.165, 1.54) is 32.7 Å². The Labute approximate surface area is 174 Å². The van der Waals surface area contributed by atoms with Gasteiger partial charge in [0.2, 0.25) is 5.75 Å². The van der Waals surface area contributed by atoms with Gasteiger partial charge < -0.3 is 14.2 Å². The zero-order chi connectivity index (χ0) is 19.4. The number of amides is 1. The fraction of sp³-hybridized carbons (Fsp3) is 0.158. The van der Waals surface area contributed by atoms with Crippen LogP contribution >= 0.6 is 33.9 Å². The number of thiazole rings is 1. The van der Waals surface area contributed by atoms with E-state index in [1.807, 2.05) is 29.6 Å². The SMILES string of the molecule is COc1cc(C(=O)Nc2nc(-c3ccc(I)cc3)cs2)cc(OC)c1OC. The fourth-order valence-corrected chi connectivity index (χ4v) is 3.54. The molecular weight excluding hydrogens is 479 g/mol. The number of carbonyl (C=O) groups excluding carboxylic acids is 1. The fourth-order valence-electron chi connectivity index (χ4n) is 2.47. The van der Waals surface area contributed by atoms with Gasteiger partial charge in [-0.05, 0) is 46.9 Å². The summed E-state index contributed by atoms with van der Waals surface area (Å²) in [5.41, 5.74) is 2.20. The summed E-state index contributed by atoms with van der Waals surface area (Å²) in [6.07, 6.45) is 0. The number of nitrogens with zero attached hydrogens (tertiary/aromatic N) is 1. The van der Waals surface area contributed by atoms with Crippen molar-refractivity contribution in [3.8, 4) is 28.5 Å². The van der Waals surface area contributed by atoms with E-state index in [0.29, 0.717) is 27.9 Å². The van der Waals surface area contributed by atoms with Crippen molar-refractivity contribution in [2.24, 2.45) is 0 Å². The minimum absolute atomic E-state index is 0.308. The van der Waals surface area contributed by atoms with Gasteiger partial charge in [0.15, 0.2) is 16.6 Å². The molecule has 140 valence electrons. The lowest BCUT2D eigenvalue weighted by Crippen LogP contribution is -2.12. The molecule has 3 rings (SSSR count). The average molecular weight is 496 g/mol. The van der Waals surface area contributed by atoms with Crippen molar-refractivity contribution in [1.82, 2.24) is 4.98 Å². The lowest BCUT2D eigenvalue weighted by atomic mass is 10.1. The summed E-state index contributed by atoms with van der Waals surface area (Å²) >= 11 is 3.62. The van der Waals surface area contributed by atoms with Crippen molar-refractivity contribution in [2.45, 2.75) is 0 Å². The third kappa shape index (κ3) is 4.33. The van der Waals surface area contributed by atoms with Gasteiger partial charge in [-0.2, -0.15) is 0 Å². The highest BCUT2D eigenvalue weighted by Crippen LogP contribution is 2.38. The molecular formula is C19H17IN2O4S. The van der Waals surface area contributed by atoms with Gasteiger partial charge in [-0.25, -0.2) is 4.98 Å². The van der Waals surface area contributed by atoms with E-state index >= 15 is 0 Å². The smallest absolute Gasteiger partial charge is 0.257 e. The van der Waals surface area contributed by atoms with Crippen LogP contribution in [0.15, 0.2) is 41.8 Å². The second kappa shape index (κ2) is 8.57. The summed E-state index contributed by atoms with van der Waals surface area (Å²) in [4.78, 5) is 17.1. The summed E-state index contributed by atoms with van der Waals surface area (Å²) in [7, 11) is 4.53. The Morgan fingerprint density at radius 1 is 1.04 bits per heavy atom. The van der Waals surface area contributed by atoms with E-state index in [0.717, 1.165) is 14.8 Å². The number of rotatable bonds is 6. The Morgan fingerprint density at radius 2 is 1.67 bits per heavy atom. The van der Waals surface area contributed by atoms with Crippen molar-refractivity contribution in [2.75, 3.05) is 26.6 Å². The van der Waals surface area contributed by atoms with Gasteiger partial charge in [0.25, 0.3) is 5.91 Å². The molecule has 1 N–H and O–H groups in total. The number of nitrogens with one attached hydrogen (secondary N) is 1. The maximum atomic E-state index is 12.6. The van der Waals surface area contributed by atoms with Crippen LogP contribution in [0.2, 0.25) is 0 Å². The molecule has 0 aliphatic heterocycles. The number of hydrogen-bond donors (Lipinski definition) is 1. The van der Waals surface area contributed by atoms with Gasteiger partial charge in [0.1, 0.15) is 0 Å². The standard InChI is InChI=1S/C19H17IN2O4S/c1-24-15-8-12(9-16(25-2)17(15)26-3)18(23)22-19-21-14(10-27-19)11-4-6-13(20)7-5-11/h4-10H,1-3H3,(H,21,22,23). The first-order valence-corrected chi connectivity index (χ1v) is 9.84. The first-order valence-electron chi connectivity index (χ1n) is 7.88. The topological polar surface area (TPSA) is 69.7 Å². The minimum atomic E-state index is -0.308. The third-order valence-electron chi connectivity index (χ3n) is 3.79. The van der Waals surface area contributed by atoms with Crippen LogP contribution in [0.25, 0.3) is 11.3 Å². The second-order valence-corrected chi connectivity index (χ2v) is 7.52. The summed E-state index contributed by atoms with van der Waals surface area (Å²) in [5, 5.41) is 5.24. The quantitative estimate of drug-likeness (QED) is 0.502. The van der Waals surface area contributed by atoms with Crippen LogP contribution in [0, 0.1) is 3.57 Å². The van der Waals surface area contributed by atoms with Crippen molar-refractivity contribution >= 4 is 45.0 Å². The molecule has 8 heteroatoms. The first kappa shape index (κ1) is 19.4. The Kier molecular flexibility index (Phi) is 6.17. The number of anilines is 1. The van der Waals surface area contributed by atoms with Crippen LogP contribution in [-0.2, 0) is 0 Å². The molecule has 0 fully saturated rings. The van der Waals surface area contributed by atoms with E-state index in [1.54, 1.807) is 12.1 Å². The number of methoxy groups -OCH3 is 3. The molecule has 6 nitrogen and oxygen atoms in total. The molecule has 0 saturated carbocycles. The molecule has 0 bridgehead atoms. The first-order chi connectivity index (χ1) is 13.0. The van der Waals surface area contributed by atoms with Crippen LogP contribution < -0.4 is 19.5 Å². The lowest BCUT2D eigenvalue weighted by molar-refractivity contribution is 0.102. The molecule has 1 heterocycles. The Hall–Kier alpha value is -2.33. The molecule has 0 radical (unpaired) electrons.